The molecule has 4 nitrogen and oxygen atoms in total. The first-order chi connectivity index (χ1) is 9.75. The largest absolute Gasteiger partial charge is 0.450 e. The predicted octanol–water partition coefficient (Wildman–Crippen LogP) is 2.86. The van der Waals surface area contributed by atoms with Gasteiger partial charge >= 0.3 is 6.09 Å². The molecule has 0 aromatic heterocycles. The maximum Gasteiger partial charge on any atom is 0.407 e. The molecule has 108 valence electrons. The van der Waals surface area contributed by atoms with Crippen LogP contribution in [0.5, 0.6) is 0 Å². The van der Waals surface area contributed by atoms with E-state index in [2.05, 4.69) is 17.4 Å². The Hall–Kier alpha value is -1.84. The Bertz CT molecular complexity index is 444. The first-order valence-electron chi connectivity index (χ1n) is 7.25. The minimum absolute atomic E-state index is 0.102. The summed E-state index contributed by atoms with van der Waals surface area (Å²) in [6.07, 6.45) is 4.89. The third-order valence-electron chi connectivity index (χ3n) is 3.55. The smallest absolute Gasteiger partial charge is 0.407 e. The lowest BCUT2D eigenvalue weighted by molar-refractivity contribution is -0.126. The summed E-state index contributed by atoms with van der Waals surface area (Å²) in [5.41, 5.74) is 1.34. The van der Waals surface area contributed by atoms with E-state index in [1.165, 1.54) is 5.56 Å². The molecular formula is C16H21NO3. The Labute approximate surface area is 119 Å². The van der Waals surface area contributed by atoms with E-state index >= 15 is 0 Å². The lowest BCUT2D eigenvalue weighted by atomic mass is 9.91. The van der Waals surface area contributed by atoms with Crippen molar-refractivity contribution in [2.24, 2.45) is 0 Å². The van der Waals surface area contributed by atoms with Crippen molar-refractivity contribution in [2.45, 2.75) is 44.6 Å². The Kier molecular flexibility index (Phi) is 5.59. The molecule has 1 aromatic rings. The molecule has 4 heteroatoms. The monoisotopic (exact) mass is 275 g/mol. The summed E-state index contributed by atoms with van der Waals surface area (Å²) in [7, 11) is 0. The van der Waals surface area contributed by atoms with Crippen LogP contribution in [0.4, 0.5) is 4.79 Å². The molecular weight excluding hydrogens is 254 g/mol. The minimum Gasteiger partial charge on any atom is -0.450 e. The number of hydrogen-bond donors (Lipinski definition) is 1. The van der Waals surface area contributed by atoms with Gasteiger partial charge < -0.3 is 10.1 Å². The number of carbonyl (C=O) groups is 2. The first kappa shape index (κ1) is 14.6. The molecule has 1 amide bonds. The van der Waals surface area contributed by atoms with Crippen LogP contribution in [-0.2, 0) is 16.0 Å². The van der Waals surface area contributed by atoms with Gasteiger partial charge in [-0.25, -0.2) is 4.79 Å². The minimum atomic E-state index is -0.467. The van der Waals surface area contributed by atoms with Crippen molar-refractivity contribution < 1.29 is 14.3 Å². The molecule has 20 heavy (non-hydrogen) atoms. The standard InChI is InChI=1S/C16H21NO3/c18-15-11-10-14(15)17-16(19)20-12-6-2-5-9-13-7-3-1-4-8-13/h1,3-4,7-8,14H,2,5-6,9-12H2,(H,17,19)/t14-/m0/s1. The van der Waals surface area contributed by atoms with Crippen LogP contribution in [0.25, 0.3) is 0 Å². The van der Waals surface area contributed by atoms with Gasteiger partial charge in [0.05, 0.1) is 12.6 Å². The summed E-state index contributed by atoms with van der Waals surface area (Å²) >= 11 is 0. The molecule has 0 unspecified atom stereocenters. The van der Waals surface area contributed by atoms with Crippen molar-refractivity contribution >= 4 is 11.9 Å². The topological polar surface area (TPSA) is 55.4 Å². The Morgan fingerprint density at radius 1 is 1.20 bits per heavy atom. The Balaban J connectivity index is 1.47. The van der Waals surface area contributed by atoms with Crippen LogP contribution in [0.3, 0.4) is 0 Å². The number of ether oxygens (including phenoxy) is 1. The van der Waals surface area contributed by atoms with Gasteiger partial charge in [0, 0.05) is 6.42 Å². The van der Waals surface area contributed by atoms with E-state index in [0.29, 0.717) is 13.0 Å². The SMILES string of the molecule is O=C(N[C@H]1CCC1=O)OCCCCCc1ccccc1. The molecule has 1 saturated carbocycles. The van der Waals surface area contributed by atoms with E-state index in [-0.39, 0.29) is 11.8 Å². The highest BCUT2D eigenvalue weighted by Gasteiger charge is 2.29. The van der Waals surface area contributed by atoms with Crippen LogP contribution in [0, 0.1) is 0 Å². The van der Waals surface area contributed by atoms with Crippen LogP contribution < -0.4 is 5.32 Å². The maximum atomic E-state index is 11.4. The molecule has 0 aliphatic heterocycles. The van der Waals surface area contributed by atoms with E-state index < -0.39 is 6.09 Å². The van der Waals surface area contributed by atoms with E-state index in [1.807, 2.05) is 18.2 Å². The second-order valence-electron chi connectivity index (χ2n) is 5.13. The molecule has 0 radical (unpaired) electrons. The molecule has 1 aliphatic rings. The van der Waals surface area contributed by atoms with Crippen molar-refractivity contribution in [1.82, 2.24) is 5.32 Å². The van der Waals surface area contributed by atoms with Gasteiger partial charge in [0.15, 0.2) is 5.78 Å². The average Bonchev–Trinajstić information content (AvgIpc) is 2.48. The van der Waals surface area contributed by atoms with Crippen LogP contribution >= 0.6 is 0 Å². The molecule has 0 saturated heterocycles. The van der Waals surface area contributed by atoms with Crippen LogP contribution in [0.2, 0.25) is 0 Å². The number of Topliss-reactive ketones (excluding diaryl/α,β-unsaturated/α-hetero) is 1. The number of hydrogen-bond acceptors (Lipinski definition) is 3. The van der Waals surface area contributed by atoms with Crippen LogP contribution in [0.1, 0.15) is 37.7 Å². The number of amides is 1. The van der Waals surface area contributed by atoms with Crippen molar-refractivity contribution in [3.05, 3.63) is 35.9 Å². The molecule has 2 rings (SSSR count). The third-order valence-corrected chi connectivity index (χ3v) is 3.55. The van der Waals surface area contributed by atoms with Gasteiger partial charge in [-0.2, -0.15) is 0 Å². The zero-order valence-electron chi connectivity index (χ0n) is 11.6. The fourth-order valence-corrected chi connectivity index (χ4v) is 2.16. The summed E-state index contributed by atoms with van der Waals surface area (Å²) in [6, 6.07) is 10.1. The average molecular weight is 275 g/mol. The van der Waals surface area contributed by atoms with E-state index in [1.54, 1.807) is 0 Å². The van der Waals surface area contributed by atoms with E-state index in [0.717, 1.165) is 32.1 Å². The van der Waals surface area contributed by atoms with Crippen molar-refractivity contribution in [2.75, 3.05) is 6.61 Å². The van der Waals surface area contributed by atoms with Gasteiger partial charge in [-0.15, -0.1) is 0 Å². The summed E-state index contributed by atoms with van der Waals surface area (Å²) in [5, 5.41) is 2.57. The van der Waals surface area contributed by atoms with Gasteiger partial charge in [0.25, 0.3) is 0 Å². The van der Waals surface area contributed by atoms with Crippen molar-refractivity contribution in [3.63, 3.8) is 0 Å². The number of nitrogens with one attached hydrogen (secondary N) is 1. The van der Waals surface area contributed by atoms with E-state index in [9.17, 15) is 9.59 Å². The van der Waals surface area contributed by atoms with Gasteiger partial charge in [0.1, 0.15) is 0 Å². The van der Waals surface area contributed by atoms with Gasteiger partial charge in [-0.1, -0.05) is 30.3 Å². The second kappa shape index (κ2) is 7.68. The normalized spacial score (nSPS) is 17.4. The lowest BCUT2D eigenvalue weighted by Crippen LogP contribution is -2.47. The fraction of sp³-hybridized carbons (Fsp3) is 0.500. The number of benzene rings is 1. The zero-order chi connectivity index (χ0) is 14.2. The molecule has 0 heterocycles. The number of unbranched alkanes of at least 4 members (excludes halogenated alkanes) is 2. The third kappa shape index (κ3) is 4.68. The van der Waals surface area contributed by atoms with Gasteiger partial charge in [-0.3, -0.25) is 4.79 Å². The molecule has 1 aromatic carbocycles. The highest BCUT2D eigenvalue weighted by atomic mass is 16.5. The molecule has 0 spiro atoms. The number of carbonyl (C=O) groups excluding carboxylic acids is 2. The number of aryl methyl sites for hydroxylation is 1. The molecule has 1 N–H and O–H groups in total. The number of ketones is 1. The molecule has 0 bridgehead atoms. The summed E-state index contributed by atoms with van der Waals surface area (Å²) in [6.45, 7) is 0.418. The molecule has 1 aliphatic carbocycles. The molecule has 1 fully saturated rings. The maximum absolute atomic E-state index is 11.4. The van der Waals surface area contributed by atoms with Crippen LogP contribution in [-0.4, -0.2) is 24.5 Å². The summed E-state index contributed by atoms with van der Waals surface area (Å²) < 4.78 is 5.05. The molecule has 1 atom stereocenters. The first-order valence-corrected chi connectivity index (χ1v) is 7.25. The van der Waals surface area contributed by atoms with Gasteiger partial charge in [-0.05, 0) is 37.7 Å². The Morgan fingerprint density at radius 2 is 2.00 bits per heavy atom. The van der Waals surface area contributed by atoms with Crippen molar-refractivity contribution in [3.8, 4) is 0 Å². The summed E-state index contributed by atoms with van der Waals surface area (Å²) in [4.78, 5) is 22.4. The highest BCUT2D eigenvalue weighted by molar-refractivity contribution is 5.92. The number of rotatable bonds is 7. The Morgan fingerprint density at radius 3 is 2.65 bits per heavy atom. The zero-order valence-corrected chi connectivity index (χ0v) is 11.6. The summed E-state index contributed by atoms with van der Waals surface area (Å²) in [5.74, 6) is 0.102. The quantitative estimate of drug-likeness (QED) is 0.778. The van der Waals surface area contributed by atoms with Crippen LogP contribution in [0.15, 0.2) is 30.3 Å². The highest BCUT2D eigenvalue weighted by Crippen LogP contribution is 2.13. The second-order valence-corrected chi connectivity index (χ2v) is 5.13. The lowest BCUT2D eigenvalue weighted by Gasteiger charge is -2.24. The number of alkyl carbamates (subject to hydrolysis) is 1. The fourth-order valence-electron chi connectivity index (χ4n) is 2.16. The van der Waals surface area contributed by atoms with E-state index in [4.69, 9.17) is 4.74 Å². The predicted molar refractivity (Wildman–Crippen MR) is 76.5 cm³/mol. The van der Waals surface area contributed by atoms with Crippen molar-refractivity contribution in [1.29, 1.82) is 0 Å². The van der Waals surface area contributed by atoms with Gasteiger partial charge in [0.2, 0.25) is 0 Å².